The molecule has 0 aromatic heterocycles. The molecule has 1 nitrogen and oxygen atoms in total. The molecule has 2 rings (SSSR count). The van der Waals surface area contributed by atoms with Crippen LogP contribution in [0.15, 0.2) is 34.8 Å². The third kappa shape index (κ3) is 3.18. The van der Waals surface area contributed by atoms with Crippen LogP contribution in [0.1, 0.15) is 29.7 Å². The SMILES string of the molecule is Cc1ccc(C(C)Nc2cc(F)c(Br)cc2F)cc1C. The lowest BCUT2D eigenvalue weighted by molar-refractivity contribution is 0.595. The molecule has 0 aliphatic heterocycles. The summed E-state index contributed by atoms with van der Waals surface area (Å²) in [7, 11) is 0. The predicted molar refractivity (Wildman–Crippen MR) is 82.0 cm³/mol. The first-order valence-corrected chi connectivity index (χ1v) is 7.16. The summed E-state index contributed by atoms with van der Waals surface area (Å²) in [5.41, 5.74) is 3.59. The quantitative estimate of drug-likeness (QED) is 0.726. The number of rotatable bonds is 3. The van der Waals surface area contributed by atoms with Crippen molar-refractivity contribution in [2.45, 2.75) is 26.8 Å². The first-order valence-electron chi connectivity index (χ1n) is 6.36. The molecular weight excluding hydrogens is 324 g/mol. The smallest absolute Gasteiger partial charge is 0.147 e. The maximum Gasteiger partial charge on any atom is 0.147 e. The molecule has 20 heavy (non-hydrogen) atoms. The summed E-state index contributed by atoms with van der Waals surface area (Å²) in [5.74, 6) is -0.963. The van der Waals surface area contributed by atoms with Gasteiger partial charge in [0, 0.05) is 12.1 Å². The van der Waals surface area contributed by atoms with E-state index in [1.54, 1.807) is 0 Å². The van der Waals surface area contributed by atoms with Crippen LogP contribution in [-0.2, 0) is 0 Å². The molecule has 1 N–H and O–H groups in total. The lowest BCUT2D eigenvalue weighted by Crippen LogP contribution is -2.09. The molecule has 0 aliphatic rings. The van der Waals surface area contributed by atoms with Gasteiger partial charge in [-0.25, -0.2) is 8.78 Å². The zero-order chi connectivity index (χ0) is 14.9. The summed E-state index contributed by atoms with van der Waals surface area (Å²) in [6.07, 6.45) is 0. The number of hydrogen-bond acceptors (Lipinski definition) is 1. The van der Waals surface area contributed by atoms with Crippen molar-refractivity contribution in [3.63, 3.8) is 0 Å². The normalized spacial score (nSPS) is 12.3. The van der Waals surface area contributed by atoms with E-state index in [4.69, 9.17) is 0 Å². The molecule has 1 unspecified atom stereocenters. The van der Waals surface area contributed by atoms with Crippen molar-refractivity contribution in [1.82, 2.24) is 0 Å². The van der Waals surface area contributed by atoms with E-state index in [2.05, 4.69) is 27.3 Å². The Morgan fingerprint density at radius 3 is 2.35 bits per heavy atom. The predicted octanol–water partition coefficient (Wildman–Crippen LogP) is 5.52. The van der Waals surface area contributed by atoms with E-state index in [-0.39, 0.29) is 16.2 Å². The molecule has 0 heterocycles. The van der Waals surface area contributed by atoms with Gasteiger partial charge >= 0.3 is 0 Å². The van der Waals surface area contributed by atoms with Gasteiger partial charge in [-0.3, -0.25) is 0 Å². The highest BCUT2D eigenvalue weighted by molar-refractivity contribution is 9.10. The Hall–Kier alpha value is -1.42. The van der Waals surface area contributed by atoms with E-state index >= 15 is 0 Å². The minimum Gasteiger partial charge on any atom is -0.376 e. The number of halogens is 3. The third-order valence-corrected chi connectivity index (χ3v) is 4.02. The number of nitrogens with one attached hydrogen (secondary N) is 1. The highest BCUT2D eigenvalue weighted by Gasteiger charge is 2.12. The zero-order valence-corrected chi connectivity index (χ0v) is 13.2. The first kappa shape index (κ1) is 15.0. The molecule has 0 amide bonds. The average molecular weight is 340 g/mol. The summed E-state index contributed by atoms with van der Waals surface area (Å²) in [6.45, 7) is 6.00. The fourth-order valence-electron chi connectivity index (χ4n) is 1.98. The standard InChI is InChI=1S/C16H16BrF2N/c1-9-4-5-12(6-10(9)2)11(3)20-16-8-14(18)13(17)7-15(16)19/h4-8,11,20H,1-3H3. The molecule has 0 spiro atoms. The lowest BCUT2D eigenvalue weighted by atomic mass is 10.0. The fourth-order valence-corrected chi connectivity index (χ4v) is 2.30. The van der Waals surface area contributed by atoms with Crippen molar-refractivity contribution in [3.8, 4) is 0 Å². The number of benzene rings is 2. The Bertz CT molecular complexity index is 641. The molecule has 2 aromatic rings. The van der Waals surface area contributed by atoms with E-state index in [0.29, 0.717) is 0 Å². The van der Waals surface area contributed by atoms with E-state index in [1.165, 1.54) is 11.1 Å². The molecule has 0 aliphatic carbocycles. The molecule has 0 bridgehead atoms. The van der Waals surface area contributed by atoms with Crippen LogP contribution in [0.2, 0.25) is 0 Å². The second-order valence-corrected chi connectivity index (χ2v) is 5.81. The minimum atomic E-state index is -0.485. The van der Waals surface area contributed by atoms with Gasteiger partial charge in [0.1, 0.15) is 11.6 Å². The summed E-state index contributed by atoms with van der Waals surface area (Å²) in [6, 6.07) is 8.26. The molecule has 1 atom stereocenters. The zero-order valence-electron chi connectivity index (χ0n) is 11.6. The maximum atomic E-state index is 13.8. The Kier molecular flexibility index (Phi) is 4.43. The van der Waals surface area contributed by atoms with Crippen LogP contribution < -0.4 is 5.32 Å². The van der Waals surface area contributed by atoms with E-state index < -0.39 is 11.6 Å². The van der Waals surface area contributed by atoms with Crippen molar-refractivity contribution < 1.29 is 8.78 Å². The van der Waals surface area contributed by atoms with Gasteiger partial charge in [0.15, 0.2) is 0 Å². The topological polar surface area (TPSA) is 12.0 Å². The van der Waals surface area contributed by atoms with E-state index in [0.717, 1.165) is 17.7 Å². The summed E-state index contributed by atoms with van der Waals surface area (Å²) >= 11 is 2.97. The Balaban J connectivity index is 2.25. The van der Waals surface area contributed by atoms with Crippen LogP contribution in [0.5, 0.6) is 0 Å². The fraction of sp³-hybridized carbons (Fsp3) is 0.250. The second kappa shape index (κ2) is 5.92. The van der Waals surface area contributed by atoms with Crippen LogP contribution >= 0.6 is 15.9 Å². The van der Waals surface area contributed by atoms with Crippen molar-refractivity contribution in [2.75, 3.05) is 5.32 Å². The molecule has 0 saturated carbocycles. The first-order chi connectivity index (χ1) is 9.38. The van der Waals surface area contributed by atoms with Gasteiger partial charge in [-0.05, 0) is 59.5 Å². The molecule has 106 valence electrons. The second-order valence-electron chi connectivity index (χ2n) is 4.96. The highest BCUT2D eigenvalue weighted by Crippen LogP contribution is 2.27. The van der Waals surface area contributed by atoms with Crippen molar-refractivity contribution in [3.05, 3.63) is 63.1 Å². The van der Waals surface area contributed by atoms with Crippen molar-refractivity contribution in [2.24, 2.45) is 0 Å². The largest absolute Gasteiger partial charge is 0.376 e. The number of hydrogen-bond donors (Lipinski definition) is 1. The lowest BCUT2D eigenvalue weighted by Gasteiger charge is -2.17. The Labute approximate surface area is 126 Å². The van der Waals surface area contributed by atoms with Gasteiger partial charge in [-0.1, -0.05) is 18.2 Å². The molecule has 0 saturated heterocycles. The van der Waals surface area contributed by atoms with Crippen molar-refractivity contribution >= 4 is 21.6 Å². The minimum absolute atomic E-state index is 0.107. The van der Waals surface area contributed by atoms with Crippen LogP contribution in [0.25, 0.3) is 0 Å². The maximum absolute atomic E-state index is 13.8. The van der Waals surface area contributed by atoms with E-state index in [9.17, 15) is 8.78 Å². The van der Waals surface area contributed by atoms with Gasteiger partial charge in [-0.15, -0.1) is 0 Å². The molecule has 2 aromatic carbocycles. The van der Waals surface area contributed by atoms with Gasteiger partial charge in [-0.2, -0.15) is 0 Å². The van der Waals surface area contributed by atoms with Crippen LogP contribution in [0.3, 0.4) is 0 Å². The number of aryl methyl sites for hydroxylation is 2. The summed E-state index contributed by atoms with van der Waals surface area (Å²) < 4.78 is 27.4. The molecule has 4 heteroatoms. The number of anilines is 1. The molecule has 0 radical (unpaired) electrons. The van der Waals surface area contributed by atoms with Gasteiger partial charge in [0.05, 0.1) is 10.2 Å². The molecule has 0 fully saturated rings. The van der Waals surface area contributed by atoms with Gasteiger partial charge in [0.25, 0.3) is 0 Å². The summed E-state index contributed by atoms with van der Waals surface area (Å²) in [4.78, 5) is 0. The third-order valence-electron chi connectivity index (χ3n) is 3.41. The van der Waals surface area contributed by atoms with Gasteiger partial charge in [0.2, 0.25) is 0 Å². The van der Waals surface area contributed by atoms with Crippen molar-refractivity contribution in [1.29, 1.82) is 0 Å². The van der Waals surface area contributed by atoms with Crippen LogP contribution in [-0.4, -0.2) is 0 Å². The molecular formula is C16H16BrF2N. The van der Waals surface area contributed by atoms with E-state index in [1.807, 2.05) is 32.9 Å². The monoisotopic (exact) mass is 339 g/mol. The van der Waals surface area contributed by atoms with Gasteiger partial charge < -0.3 is 5.32 Å². The Morgan fingerprint density at radius 1 is 1.00 bits per heavy atom. The highest BCUT2D eigenvalue weighted by atomic mass is 79.9. The van der Waals surface area contributed by atoms with Crippen LogP contribution in [0.4, 0.5) is 14.5 Å². The van der Waals surface area contributed by atoms with Crippen LogP contribution in [0, 0.1) is 25.5 Å². The Morgan fingerprint density at radius 2 is 1.70 bits per heavy atom. The summed E-state index contributed by atoms with van der Waals surface area (Å²) in [5, 5.41) is 3.01. The average Bonchev–Trinajstić information content (AvgIpc) is 2.39.